The number of aromatic amines is 1. The summed E-state index contributed by atoms with van der Waals surface area (Å²) in [4.78, 5) is 14.2. The van der Waals surface area contributed by atoms with Gasteiger partial charge >= 0.3 is 6.18 Å². The Morgan fingerprint density at radius 3 is 2.59 bits per heavy atom. The molecule has 146 valence electrons. The van der Waals surface area contributed by atoms with Crippen LogP contribution in [0.2, 0.25) is 0 Å². The minimum Gasteiger partial charge on any atom is -0.395 e. The van der Waals surface area contributed by atoms with Crippen LogP contribution in [0.1, 0.15) is 23.2 Å². The summed E-state index contributed by atoms with van der Waals surface area (Å²) in [5, 5.41) is 12.5. The second-order valence-corrected chi connectivity index (χ2v) is 6.62. The van der Waals surface area contributed by atoms with E-state index in [0.29, 0.717) is 31.1 Å². The Hall–Kier alpha value is -2.32. The standard InChI is InChI=1S/C19H22F3N3O2/c1-11-12(2)25(8-3-6-23-7-9-26)15-5-4-14-18(17(11)15)13(19(20,21)22)10-16(27)24-14/h4-5,10,23,26H,3,6-9H2,1-2H3,(H,24,27). The molecule has 5 nitrogen and oxygen atoms in total. The van der Waals surface area contributed by atoms with Crippen molar-refractivity contribution in [3.05, 3.63) is 45.4 Å². The summed E-state index contributed by atoms with van der Waals surface area (Å²) in [6.07, 6.45) is -3.84. The first-order valence-electron chi connectivity index (χ1n) is 8.80. The monoisotopic (exact) mass is 381 g/mol. The summed E-state index contributed by atoms with van der Waals surface area (Å²) in [6, 6.07) is 3.93. The van der Waals surface area contributed by atoms with Crippen molar-refractivity contribution in [3.8, 4) is 0 Å². The van der Waals surface area contributed by atoms with Crippen LogP contribution < -0.4 is 10.9 Å². The van der Waals surface area contributed by atoms with E-state index in [4.69, 9.17) is 5.11 Å². The molecular weight excluding hydrogens is 359 g/mol. The molecule has 0 saturated carbocycles. The van der Waals surface area contributed by atoms with Gasteiger partial charge in [0.2, 0.25) is 5.56 Å². The molecule has 0 bridgehead atoms. The number of nitrogens with one attached hydrogen (secondary N) is 2. The van der Waals surface area contributed by atoms with E-state index in [2.05, 4.69) is 10.3 Å². The summed E-state index contributed by atoms with van der Waals surface area (Å²) >= 11 is 0. The molecule has 0 amide bonds. The Bertz CT molecular complexity index is 1030. The van der Waals surface area contributed by atoms with Gasteiger partial charge in [-0.25, -0.2) is 0 Å². The maximum Gasteiger partial charge on any atom is 0.417 e. The molecule has 2 heterocycles. The Morgan fingerprint density at radius 1 is 1.19 bits per heavy atom. The lowest BCUT2D eigenvalue weighted by molar-refractivity contribution is -0.136. The van der Waals surface area contributed by atoms with Crippen molar-refractivity contribution in [1.29, 1.82) is 0 Å². The summed E-state index contributed by atoms with van der Waals surface area (Å²) in [7, 11) is 0. The van der Waals surface area contributed by atoms with Gasteiger partial charge in [-0.1, -0.05) is 0 Å². The summed E-state index contributed by atoms with van der Waals surface area (Å²) in [5.41, 5.74) is 0.912. The lowest BCUT2D eigenvalue weighted by Gasteiger charge is -2.12. The number of halogens is 3. The molecule has 27 heavy (non-hydrogen) atoms. The lowest BCUT2D eigenvalue weighted by atomic mass is 10.0. The van der Waals surface area contributed by atoms with Gasteiger partial charge in [0.25, 0.3) is 0 Å². The van der Waals surface area contributed by atoms with E-state index in [-0.39, 0.29) is 17.5 Å². The average Bonchev–Trinajstić information content (AvgIpc) is 2.84. The fourth-order valence-corrected chi connectivity index (χ4v) is 3.59. The van der Waals surface area contributed by atoms with Crippen LogP contribution in [-0.2, 0) is 12.7 Å². The fourth-order valence-electron chi connectivity index (χ4n) is 3.59. The maximum absolute atomic E-state index is 13.6. The summed E-state index contributed by atoms with van der Waals surface area (Å²) in [6.45, 7) is 5.62. The van der Waals surface area contributed by atoms with Crippen LogP contribution in [0.25, 0.3) is 21.8 Å². The molecule has 8 heteroatoms. The molecular formula is C19H22F3N3O2. The molecule has 3 aromatic rings. The van der Waals surface area contributed by atoms with Crippen LogP contribution in [0.4, 0.5) is 13.2 Å². The summed E-state index contributed by atoms with van der Waals surface area (Å²) in [5.74, 6) is 0. The van der Waals surface area contributed by atoms with E-state index < -0.39 is 17.3 Å². The van der Waals surface area contributed by atoms with Crippen LogP contribution in [-0.4, -0.2) is 34.4 Å². The van der Waals surface area contributed by atoms with Crippen LogP contribution in [0.5, 0.6) is 0 Å². The molecule has 2 aromatic heterocycles. The number of pyridine rings is 1. The van der Waals surface area contributed by atoms with Gasteiger partial charge in [0.05, 0.1) is 12.2 Å². The van der Waals surface area contributed by atoms with Crippen molar-refractivity contribution in [2.24, 2.45) is 0 Å². The molecule has 3 rings (SSSR count). The maximum atomic E-state index is 13.6. The van der Waals surface area contributed by atoms with Crippen molar-refractivity contribution in [1.82, 2.24) is 14.9 Å². The van der Waals surface area contributed by atoms with Gasteiger partial charge in [0.15, 0.2) is 0 Å². The van der Waals surface area contributed by atoms with Gasteiger partial charge in [0, 0.05) is 46.7 Å². The zero-order valence-electron chi connectivity index (χ0n) is 15.2. The van der Waals surface area contributed by atoms with Crippen molar-refractivity contribution in [2.75, 3.05) is 19.7 Å². The number of fused-ring (bicyclic) bond motifs is 3. The summed E-state index contributed by atoms with van der Waals surface area (Å²) < 4.78 is 42.8. The Labute approximate surface area is 153 Å². The minimum atomic E-state index is -4.61. The Balaban J connectivity index is 2.18. The Kier molecular flexibility index (Phi) is 5.30. The highest BCUT2D eigenvalue weighted by Gasteiger charge is 2.34. The predicted octanol–water partition coefficient (Wildman–Crippen LogP) is 3.09. The van der Waals surface area contributed by atoms with E-state index in [1.165, 1.54) is 6.07 Å². The van der Waals surface area contributed by atoms with Gasteiger partial charge < -0.3 is 20.0 Å². The average molecular weight is 381 g/mol. The third-order valence-electron chi connectivity index (χ3n) is 4.93. The largest absolute Gasteiger partial charge is 0.417 e. The molecule has 0 aliphatic heterocycles. The molecule has 3 N–H and O–H groups in total. The number of aliphatic hydroxyl groups excluding tert-OH is 1. The topological polar surface area (TPSA) is 70.0 Å². The molecule has 1 aromatic carbocycles. The fraction of sp³-hybridized carbons (Fsp3) is 0.421. The number of alkyl halides is 3. The van der Waals surface area contributed by atoms with E-state index in [9.17, 15) is 18.0 Å². The molecule has 0 fully saturated rings. The normalized spacial score (nSPS) is 12.4. The van der Waals surface area contributed by atoms with Crippen molar-refractivity contribution in [2.45, 2.75) is 33.0 Å². The lowest BCUT2D eigenvalue weighted by Crippen LogP contribution is -2.20. The number of rotatable bonds is 6. The predicted molar refractivity (Wildman–Crippen MR) is 99.1 cm³/mol. The van der Waals surface area contributed by atoms with Crippen molar-refractivity contribution < 1.29 is 18.3 Å². The van der Waals surface area contributed by atoms with Crippen LogP contribution >= 0.6 is 0 Å². The molecule has 0 aliphatic rings. The first-order chi connectivity index (χ1) is 12.8. The van der Waals surface area contributed by atoms with Gasteiger partial charge in [-0.15, -0.1) is 0 Å². The molecule has 0 atom stereocenters. The smallest absolute Gasteiger partial charge is 0.395 e. The Morgan fingerprint density at radius 2 is 1.93 bits per heavy atom. The SMILES string of the molecule is Cc1c(C)n(CCCNCCO)c2ccc3[nH]c(=O)cc(C(F)(F)F)c3c12. The third kappa shape index (κ3) is 3.59. The second kappa shape index (κ2) is 7.36. The second-order valence-electron chi connectivity index (χ2n) is 6.62. The number of nitrogens with zero attached hydrogens (tertiary/aromatic N) is 1. The highest BCUT2D eigenvalue weighted by Crippen LogP contribution is 2.39. The molecule has 0 aliphatic carbocycles. The van der Waals surface area contributed by atoms with E-state index >= 15 is 0 Å². The molecule has 0 unspecified atom stereocenters. The molecule has 0 spiro atoms. The van der Waals surface area contributed by atoms with Gasteiger partial charge in [0.1, 0.15) is 0 Å². The number of benzene rings is 1. The van der Waals surface area contributed by atoms with E-state index in [1.54, 1.807) is 6.07 Å². The quantitative estimate of drug-likeness (QED) is 0.575. The minimum absolute atomic E-state index is 0.0392. The number of aryl methyl sites for hydroxylation is 2. The number of aromatic nitrogens is 2. The zero-order valence-corrected chi connectivity index (χ0v) is 15.2. The highest BCUT2D eigenvalue weighted by atomic mass is 19.4. The highest BCUT2D eigenvalue weighted by molar-refractivity contribution is 6.09. The number of hydrogen-bond acceptors (Lipinski definition) is 3. The number of hydrogen-bond donors (Lipinski definition) is 3. The van der Waals surface area contributed by atoms with Crippen molar-refractivity contribution in [3.63, 3.8) is 0 Å². The van der Waals surface area contributed by atoms with Crippen LogP contribution in [0.15, 0.2) is 23.0 Å². The van der Waals surface area contributed by atoms with Gasteiger partial charge in [-0.2, -0.15) is 13.2 Å². The van der Waals surface area contributed by atoms with Gasteiger partial charge in [-0.05, 0) is 44.5 Å². The first kappa shape index (κ1) is 19.4. The molecule has 0 saturated heterocycles. The van der Waals surface area contributed by atoms with Crippen LogP contribution in [0.3, 0.4) is 0 Å². The van der Waals surface area contributed by atoms with Crippen LogP contribution in [0, 0.1) is 13.8 Å². The van der Waals surface area contributed by atoms with E-state index in [1.807, 2.05) is 18.4 Å². The zero-order chi connectivity index (χ0) is 19.8. The van der Waals surface area contributed by atoms with Crippen molar-refractivity contribution >= 4 is 21.8 Å². The number of aliphatic hydroxyl groups is 1. The van der Waals surface area contributed by atoms with E-state index in [0.717, 1.165) is 23.2 Å². The van der Waals surface area contributed by atoms with Gasteiger partial charge in [-0.3, -0.25) is 4.79 Å². The third-order valence-corrected chi connectivity index (χ3v) is 4.93. The number of H-pyrrole nitrogens is 1. The molecule has 0 radical (unpaired) electrons. The first-order valence-corrected chi connectivity index (χ1v) is 8.80.